The molecule has 7 nitrogen and oxygen atoms in total. The highest BCUT2D eigenvalue weighted by Crippen LogP contribution is 2.41. The SMILES string of the molecule is CCOc1ccc(NC(=O)[C@H](C)Sc2nc3ccc(N4C(=O)[C@H]5CCCC[C@@H]5C4=O)cc3s2)cc1. The molecular weight excluding hydrogens is 482 g/mol. The zero-order valence-corrected chi connectivity index (χ0v) is 21.3. The Balaban J connectivity index is 1.27. The van der Waals surface area contributed by atoms with Gasteiger partial charge in [-0.3, -0.25) is 19.3 Å². The summed E-state index contributed by atoms with van der Waals surface area (Å²) in [5, 5.41) is 2.57. The molecule has 9 heteroatoms. The number of carbonyl (C=O) groups is 3. The predicted molar refractivity (Wildman–Crippen MR) is 139 cm³/mol. The van der Waals surface area contributed by atoms with Crippen LogP contribution in [0.4, 0.5) is 11.4 Å². The zero-order valence-electron chi connectivity index (χ0n) is 19.7. The van der Waals surface area contributed by atoms with Crippen molar-refractivity contribution in [3.63, 3.8) is 0 Å². The number of hydrogen-bond donors (Lipinski definition) is 1. The Morgan fingerprint density at radius 2 is 1.83 bits per heavy atom. The molecule has 0 radical (unpaired) electrons. The number of ether oxygens (including phenoxy) is 1. The number of imide groups is 1. The van der Waals surface area contributed by atoms with E-state index in [-0.39, 0.29) is 34.8 Å². The number of hydrogen-bond acceptors (Lipinski definition) is 7. The Labute approximate surface area is 212 Å². The maximum Gasteiger partial charge on any atom is 0.237 e. The number of thiazole rings is 1. The minimum absolute atomic E-state index is 0.0715. The maximum absolute atomic E-state index is 13.0. The fraction of sp³-hybridized carbons (Fsp3) is 0.385. The molecule has 0 spiro atoms. The van der Waals surface area contributed by atoms with Gasteiger partial charge in [-0.15, -0.1) is 11.3 Å². The van der Waals surface area contributed by atoms with Crippen LogP contribution in [0.5, 0.6) is 5.75 Å². The Kier molecular flexibility index (Phi) is 6.80. The molecule has 2 fully saturated rings. The molecule has 3 aromatic rings. The van der Waals surface area contributed by atoms with E-state index >= 15 is 0 Å². The van der Waals surface area contributed by atoms with Gasteiger partial charge in [-0.25, -0.2) is 4.98 Å². The van der Waals surface area contributed by atoms with Crippen molar-refractivity contribution in [2.45, 2.75) is 49.1 Å². The summed E-state index contributed by atoms with van der Waals surface area (Å²) in [6.07, 6.45) is 3.61. The summed E-state index contributed by atoms with van der Waals surface area (Å²) in [6.45, 7) is 4.36. The van der Waals surface area contributed by atoms with Gasteiger partial charge >= 0.3 is 0 Å². The molecule has 35 heavy (non-hydrogen) atoms. The lowest BCUT2D eigenvalue weighted by molar-refractivity contribution is -0.122. The topological polar surface area (TPSA) is 88.6 Å². The predicted octanol–water partition coefficient (Wildman–Crippen LogP) is 5.49. The molecule has 3 amide bonds. The van der Waals surface area contributed by atoms with E-state index in [1.54, 1.807) is 6.07 Å². The molecule has 1 saturated carbocycles. The van der Waals surface area contributed by atoms with Crippen molar-refractivity contribution >= 4 is 62.4 Å². The van der Waals surface area contributed by atoms with Crippen LogP contribution in [-0.2, 0) is 14.4 Å². The van der Waals surface area contributed by atoms with Gasteiger partial charge < -0.3 is 10.1 Å². The standard InChI is InChI=1S/C26H27N3O4S2/c1-3-33-18-11-8-16(9-12-18)27-23(30)15(2)34-26-28-21-13-10-17(14-22(21)35-26)29-24(31)19-6-4-5-7-20(19)25(29)32/h8-15,19-20H,3-7H2,1-2H3,(H,27,30)/t15-,19-,20-/m0/s1. The first-order valence-corrected chi connectivity index (χ1v) is 13.6. The van der Waals surface area contributed by atoms with Crippen LogP contribution >= 0.6 is 23.1 Å². The summed E-state index contributed by atoms with van der Waals surface area (Å²) in [5.74, 6) is 0.159. The summed E-state index contributed by atoms with van der Waals surface area (Å²) < 4.78 is 7.09. The van der Waals surface area contributed by atoms with E-state index in [1.807, 2.05) is 50.2 Å². The van der Waals surface area contributed by atoms with Crippen LogP contribution in [0.25, 0.3) is 10.2 Å². The van der Waals surface area contributed by atoms with E-state index < -0.39 is 0 Å². The van der Waals surface area contributed by atoms with E-state index in [1.165, 1.54) is 28.0 Å². The summed E-state index contributed by atoms with van der Waals surface area (Å²) >= 11 is 2.85. The third kappa shape index (κ3) is 4.79. The molecule has 2 heterocycles. The third-order valence-corrected chi connectivity index (χ3v) is 8.74. The highest BCUT2D eigenvalue weighted by Gasteiger charge is 2.48. The normalized spacial score (nSPS) is 20.7. The average Bonchev–Trinajstić information content (AvgIpc) is 3.37. The zero-order chi connectivity index (χ0) is 24.5. The lowest BCUT2D eigenvalue weighted by Gasteiger charge is -2.19. The average molecular weight is 510 g/mol. The number of fused-ring (bicyclic) bond motifs is 2. The molecule has 2 aromatic carbocycles. The molecule has 2 aliphatic rings. The molecule has 5 rings (SSSR count). The van der Waals surface area contributed by atoms with E-state index in [2.05, 4.69) is 10.3 Å². The van der Waals surface area contributed by atoms with Crippen LogP contribution in [0, 0.1) is 11.8 Å². The molecule has 1 saturated heterocycles. The fourth-order valence-corrected chi connectivity index (χ4v) is 6.99. The molecule has 1 aromatic heterocycles. The van der Waals surface area contributed by atoms with Crippen LogP contribution in [0.15, 0.2) is 46.8 Å². The number of benzene rings is 2. The van der Waals surface area contributed by atoms with Crippen LogP contribution in [-0.4, -0.2) is 34.6 Å². The molecule has 0 bridgehead atoms. The number of amides is 3. The first-order chi connectivity index (χ1) is 16.9. The highest BCUT2D eigenvalue weighted by atomic mass is 32.2. The van der Waals surface area contributed by atoms with Crippen LogP contribution in [0.3, 0.4) is 0 Å². The van der Waals surface area contributed by atoms with Crippen molar-refractivity contribution in [1.29, 1.82) is 0 Å². The van der Waals surface area contributed by atoms with Gasteiger partial charge in [-0.2, -0.15) is 0 Å². The van der Waals surface area contributed by atoms with Crippen molar-refractivity contribution in [2.75, 3.05) is 16.8 Å². The minimum Gasteiger partial charge on any atom is -0.494 e. The Morgan fingerprint density at radius 1 is 1.14 bits per heavy atom. The number of nitrogens with zero attached hydrogens (tertiary/aromatic N) is 2. The fourth-order valence-electron chi connectivity index (χ4n) is 4.75. The summed E-state index contributed by atoms with van der Waals surface area (Å²) in [6, 6.07) is 12.8. The molecular formula is C26H27N3O4S2. The summed E-state index contributed by atoms with van der Waals surface area (Å²) in [5.41, 5.74) is 2.11. The Hall–Kier alpha value is -2.91. The van der Waals surface area contributed by atoms with E-state index in [9.17, 15) is 14.4 Å². The van der Waals surface area contributed by atoms with E-state index in [4.69, 9.17) is 4.74 Å². The number of rotatable bonds is 7. The monoisotopic (exact) mass is 509 g/mol. The molecule has 1 N–H and O–H groups in total. The first-order valence-electron chi connectivity index (χ1n) is 11.9. The second kappa shape index (κ2) is 9.99. The molecule has 0 unspecified atom stereocenters. The van der Waals surface area contributed by atoms with Gasteiger partial charge in [0.15, 0.2) is 4.34 Å². The number of thioether (sulfide) groups is 1. The first kappa shape index (κ1) is 23.8. The summed E-state index contributed by atoms with van der Waals surface area (Å²) in [4.78, 5) is 44.6. The number of carbonyl (C=O) groups excluding carboxylic acids is 3. The smallest absolute Gasteiger partial charge is 0.237 e. The van der Waals surface area contributed by atoms with Crippen molar-refractivity contribution < 1.29 is 19.1 Å². The lowest BCUT2D eigenvalue weighted by atomic mass is 9.81. The number of nitrogens with one attached hydrogen (secondary N) is 1. The van der Waals surface area contributed by atoms with Gasteiger partial charge in [0.2, 0.25) is 17.7 Å². The third-order valence-electron chi connectivity index (χ3n) is 6.53. The van der Waals surface area contributed by atoms with Gasteiger partial charge in [-0.05, 0) is 69.2 Å². The highest BCUT2D eigenvalue weighted by molar-refractivity contribution is 8.02. The maximum atomic E-state index is 13.0. The molecule has 182 valence electrons. The summed E-state index contributed by atoms with van der Waals surface area (Å²) in [7, 11) is 0. The van der Waals surface area contributed by atoms with E-state index in [0.717, 1.165) is 46.0 Å². The largest absolute Gasteiger partial charge is 0.494 e. The van der Waals surface area contributed by atoms with Crippen molar-refractivity contribution in [1.82, 2.24) is 4.98 Å². The Bertz CT molecular complexity index is 1250. The Morgan fingerprint density at radius 3 is 2.49 bits per heavy atom. The van der Waals surface area contributed by atoms with Gasteiger partial charge in [0.1, 0.15) is 5.75 Å². The molecule has 1 aliphatic carbocycles. The van der Waals surface area contributed by atoms with Gasteiger partial charge in [0, 0.05) is 5.69 Å². The number of aromatic nitrogens is 1. The van der Waals surface area contributed by atoms with Crippen molar-refractivity contribution in [2.24, 2.45) is 11.8 Å². The van der Waals surface area contributed by atoms with Crippen LogP contribution in [0.2, 0.25) is 0 Å². The number of anilines is 2. The minimum atomic E-state index is -0.355. The quantitative estimate of drug-likeness (QED) is 0.335. The lowest BCUT2D eigenvalue weighted by Crippen LogP contribution is -2.30. The van der Waals surface area contributed by atoms with Gasteiger partial charge in [0.05, 0.1) is 39.6 Å². The van der Waals surface area contributed by atoms with Crippen LogP contribution < -0.4 is 15.0 Å². The second-order valence-electron chi connectivity index (χ2n) is 8.85. The van der Waals surface area contributed by atoms with Gasteiger partial charge in [-0.1, -0.05) is 24.6 Å². The van der Waals surface area contributed by atoms with Crippen molar-refractivity contribution in [3.8, 4) is 5.75 Å². The molecule has 1 aliphatic heterocycles. The van der Waals surface area contributed by atoms with Crippen molar-refractivity contribution in [3.05, 3.63) is 42.5 Å². The van der Waals surface area contributed by atoms with Crippen LogP contribution in [0.1, 0.15) is 39.5 Å². The molecule has 3 atom stereocenters. The van der Waals surface area contributed by atoms with Gasteiger partial charge in [0.25, 0.3) is 0 Å². The van der Waals surface area contributed by atoms with E-state index in [0.29, 0.717) is 18.0 Å². The second-order valence-corrected chi connectivity index (χ2v) is 11.5.